The van der Waals surface area contributed by atoms with Crippen molar-refractivity contribution in [2.75, 3.05) is 19.8 Å². The number of nitrogens with one attached hydrogen (secondary N) is 1. The van der Waals surface area contributed by atoms with Crippen molar-refractivity contribution in [3.05, 3.63) is 29.3 Å². The van der Waals surface area contributed by atoms with Gasteiger partial charge in [0.2, 0.25) is 0 Å². The summed E-state index contributed by atoms with van der Waals surface area (Å²) in [6, 6.07) is 6.23. The Hall–Kier alpha value is -1.75. The minimum atomic E-state index is 0.147. The summed E-state index contributed by atoms with van der Waals surface area (Å²) in [6.07, 6.45) is 5.05. The molecular formula is C18H27N3O2. The third kappa shape index (κ3) is 4.61. The molecule has 5 nitrogen and oxygen atoms in total. The van der Waals surface area contributed by atoms with Crippen LogP contribution < -0.4 is 15.8 Å². The van der Waals surface area contributed by atoms with Crippen LogP contribution in [0.1, 0.15) is 36.8 Å². The molecule has 23 heavy (non-hydrogen) atoms. The van der Waals surface area contributed by atoms with E-state index in [2.05, 4.69) is 35.4 Å². The van der Waals surface area contributed by atoms with Gasteiger partial charge < -0.3 is 20.5 Å². The highest BCUT2D eigenvalue weighted by molar-refractivity contribution is 5.77. The van der Waals surface area contributed by atoms with Crippen LogP contribution in [0.3, 0.4) is 0 Å². The Morgan fingerprint density at radius 1 is 1.39 bits per heavy atom. The zero-order valence-electron chi connectivity index (χ0n) is 13.9. The first-order valence-corrected chi connectivity index (χ1v) is 8.58. The first-order chi connectivity index (χ1) is 11.2. The van der Waals surface area contributed by atoms with E-state index in [9.17, 15) is 0 Å². The van der Waals surface area contributed by atoms with E-state index in [1.165, 1.54) is 24.8 Å². The molecule has 3 N–H and O–H groups in total. The first kappa shape index (κ1) is 16.1. The van der Waals surface area contributed by atoms with Gasteiger partial charge >= 0.3 is 0 Å². The van der Waals surface area contributed by atoms with Gasteiger partial charge in [-0.3, -0.25) is 0 Å². The number of hydrogen-bond donors (Lipinski definition) is 2. The molecule has 1 saturated heterocycles. The second kappa shape index (κ2) is 7.68. The molecular weight excluding hydrogens is 290 g/mol. The minimum absolute atomic E-state index is 0.147. The molecule has 1 aromatic carbocycles. The summed E-state index contributed by atoms with van der Waals surface area (Å²) in [5.74, 6) is 2.19. The summed E-state index contributed by atoms with van der Waals surface area (Å²) in [5, 5.41) is 3.23. The Labute approximate surface area is 138 Å². The maximum atomic E-state index is 6.09. The molecule has 2 fully saturated rings. The van der Waals surface area contributed by atoms with Crippen LogP contribution >= 0.6 is 0 Å². The number of aliphatic imine (C=N–C) groups is 1. The highest BCUT2D eigenvalue weighted by atomic mass is 16.5. The van der Waals surface area contributed by atoms with Crippen molar-refractivity contribution < 1.29 is 9.47 Å². The van der Waals surface area contributed by atoms with Crippen LogP contribution in [0.4, 0.5) is 0 Å². The van der Waals surface area contributed by atoms with Crippen molar-refractivity contribution in [2.45, 2.75) is 45.3 Å². The fraction of sp³-hybridized carbons (Fsp3) is 0.611. The molecule has 1 aliphatic heterocycles. The predicted molar refractivity (Wildman–Crippen MR) is 91.7 cm³/mol. The molecule has 0 radical (unpaired) electrons. The van der Waals surface area contributed by atoms with Crippen molar-refractivity contribution in [1.29, 1.82) is 0 Å². The summed E-state index contributed by atoms with van der Waals surface area (Å²) < 4.78 is 11.5. The summed E-state index contributed by atoms with van der Waals surface area (Å²) in [7, 11) is 0. The average Bonchev–Trinajstić information content (AvgIpc) is 2.98. The number of aryl methyl sites for hydroxylation is 1. The van der Waals surface area contributed by atoms with Crippen molar-refractivity contribution in [3.8, 4) is 5.75 Å². The van der Waals surface area contributed by atoms with Gasteiger partial charge in [-0.15, -0.1) is 0 Å². The van der Waals surface area contributed by atoms with E-state index >= 15 is 0 Å². The molecule has 3 rings (SSSR count). The smallest absolute Gasteiger partial charge is 0.188 e. The van der Waals surface area contributed by atoms with Crippen LogP contribution in [-0.4, -0.2) is 31.8 Å². The predicted octanol–water partition coefficient (Wildman–Crippen LogP) is 2.37. The first-order valence-electron chi connectivity index (χ1n) is 8.58. The van der Waals surface area contributed by atoms with E-state index in [0.29, 0.717) is 19.1 Å². The van der Waals surface area contributed by atoms with E-state index in [4.69, 9.17) is 15.2 Å². The van der Waals surface area contributed by atoms with Crippen LogP contribution in [-0.2, 0) is 11.3 Å². The van der Waals surface area contributed by atoms with Crippen molar-refractivity contribution >= 4 is 5.96 Å². The molecule has 1 aliphatic carbocycles. The van der Waals surface area contributed by atoms with E-state index in [0.717, 1.165) is 36.8 Å². The van der Waals surface area contributed by atoms with Gasteiger partial charge in [0.25, 0.3) is 0 Å². The van der Waals surface area contributed by atoms with Crippen LogP contribution in [0.25, 0.3) is 0 Å². The van der Waals surface area contributed by atoms with Crippen LogP contribution in [0.2, 0.25) is 0 Å². The number of nitrogens with zero attached hydrogens (tertiary/aromatic N) is 1. The fourth-order valence-electron chi connectivity index (χ4n) is 2.86. The highest BCUT2D eigenvalue weighted by Crippen LogP contribution is 2.25. The number of guanidine groups is 1. The highest BCUT2D eigenvalue weighted by Gasteiger charge is 2.19. The van der Waals surface area contributed by atoms with E-state index < -0.39 is 0 Å². The molecule has 0 bridgehead atoms. The van der Waals surface area contributed by atoms with Crippen molar-refractivity contribution in [1.82, 2.24) is 5.32 Å². The monoisotopic (exact) mass is 317 g/mol. The van der Waals surface area contributed by atoms with Gasteiger partial charge in [-0.2, -0.15) is 0 Å². The minimum Gasteiger partial charge on any atom is -0.488 e. The number of nitrogens with two attached hydrogens (primary N) is 1. The van der Waals surface area contributed by atoms with E-state index in [1.54, 1.807) is 0 Å². The SMILES string of the molecule is Cc1ccc(CN=C(N)NCC2CCC2)c(OC2CCOC2)c1. The second-order valence-electron chi connectivity index (χ2n) is 6.59. The van der Waals surface area contributed by atoms with Gasteiger partial charge in [0.1, 0.15) is 11.9 Å². The molecule has 5 heteroatoms. The van der Waals surface area contributed by atoms with E-state index in [1.807, 2.05) is 0 Å². The zero-order chi connectivity index (χ0) is 16.1. The molecule has 0 aromatic heterocycles. The summed E-state index contributed by atoms with van der Waals surface area (Å²) in [4.78, 5) is 4.46. The van der Waals surface area contributed by atoms with Crippen LogP contribution in [0, 0.1) is 12.8 Å². The largest absolute Gasteiger partial charge is 0.488 e. The quantitative estimate of drug-likeness (QED) is 0.624. The number of rotatable bonds is 6. The summed E-state index contributed by atoms with van der Waals surface area (Å²) in [5.41, 5.74) is 8.22. The molecule has 0 spiro atoms. The number of hydrogen-bond acceptors (Lipinski definition) is 3. The molecule has 1 atom stereocenters. The van der Waals surface area contributed by atoms with Gasteiger partial charge in [0.05, 0.1) is 19.8 Å². The molecule has 1 aromatic rings. The molecule has 2 aliphatic rings. The lowest BCUT2D eigenvalue weighted by Crippen LogP contribution is -2.37. The Morgan fingerprint density at radius 3 is 2.96 bits per heavy atom. The van der Waals surface area contributed by atoms with Gasteiger partial charge in [-0.1, -0.05) is 18.6 Å². The maximum absolute atomic E-state index is 6.09. The van der Waals surface area contributed by atoms with Crippen molar-refractivity contribution in [2.24, 2.45) is 16.6 Å². The van der Waals surface area contributed by atoms with Gasteiger partial charge in [0, 0.05) is 18.5 Å². The molecule has 1 saturated carbocycles. The Morgan fingerprint density at radius 2 is 2.26 bits per heavy atom. The summed E-state index contributed by atoms with van der Waals surface area (Å²) >= 11 is 0. The maximum Gasteiger partial charge on any atom is 0.188 e. The van der Waals surface area contributed by atoms with Gasteiger partial charge in [-0.05, 0) is 37.3 Å². The lowest BCUT2D eigenvalue weighted by molar-refractivity contribution is 0.140. The van der Waals surface area contributed by atoms with E-state index in [-0.39, 0.29) is 6.10 Å². The lowest BCUT2D eigenvalue weighted by atomic mass is 9.85. The number of ether oxygens (including phenoxy) is 2. The summed E-state index contributed by atoms with van der Waals surface area (Å²) in [6.45, 7) is 4.99. The Balaban J connectivity index is 1.58. The molecule has 1 heterocycles. The Kier molecular flexibility index (Phi) is 5.39. The third-order valence-electron chi connectivity index (χ3n) is 4.62. The molecule has 126 valence electrons. The number of benzene rings is 1. The van der Waals surface area contributed by atoms with Crippen molar-refractivity contribution in [3.63, 3.8) is 0 Å². The van der Waals surface area contributed by atoms with Gasteiger partial charge in [0.15, 0.2) is 5.96 Å². The average molecular weight is 317 g/mol. The van der Waals surface area contributed by atoms with Gasteiger partial charge in [-0.25, -0.2) is 4.99 Å². The lowest BCUT2D eigenvalue weighted by Gasteiger charge is -2.25. The normalized spacial score (nSPS) is 22.0. The standard InChI is InChI=1S/C18H27N3O2/c1-13-5-6-15(17(9-13)23-16-7-8-22-12-16)11-21-18(19)20-10-14-3-2-4-14/h5-6,9,14,16H,2-4,7-8,10-12H2,1H3,(H3,19,20,21). The topological polar surface area (TPSA) is 68.9 Å². The van der Waals surface area contributed by atoms with Crippen LogP contribution in [0.15, 0.2) is 23.2 Å². The molecule has 1 unspecified atom stereocenters. The zero-order valence-corrected chi connectivity index (χ0v) is 13.9. The Bertz CT molecular complexity index is 549. The third-order valence-corrected chi connectivity index (χ3v) is 4.62. The second-order valence-corrected chi connectivity index (χ2v) is 6.59. The van der Waals surface area contributed by atoms with Crippen LogP contribution in [0.5, 0.6) is 5.75 Å². The fourth-order valence-corrected chi connectivity index (χ4v) is 2.86. The molecule has 0 amide bonds.